The maximum Gasteiger partial charge on any atom is 0.359 e. The third-order valence-electron chi connectivity index (χ3n) is 10.8. The van der Waals surface area contributed by atoms with Gasteiger partial charge in [-0.05, 0) is 81.5 Å². The number of unbranched alkanes of at least 4 members (excludes halogenated alkanes) is 6. The molecule has 0 saturated carbocycles. The van der Waals surface area contributed by atoms with Crippen molar-refractivity contribution in [3.63, 3.8) is 0 Å². The smallest absolute Gasteiger partial charge is 0.359 e. The molecule has 0 fully saturated rings. The van der Waals surface area contributed by atoms with Gasteiger partial charge in [0.05, 0.1) is 37.1 Å². The molecule has 7 aromatic heterocycles. The largest absolute Gasteiger partial charge is 0.461 e. The van der Waals surface area contributed by atoms with Gasteiger partial charge in [-0.25, -0.2) is 4.79 Å². The van der Waals surface area contributed by atoms with Gasteiger partial charge in [0.2, 0.25) is 0 Å². The summed E-state index contributed by atoms with van der Waals surface area (Å²) in [5, 5.41) is 14.8. The number of fused-ring (bicyclic) bond motifs is 4. The van der Waals surface area contributed by atoms with Crippen molar-refractivity contribution in [1.82, 2.24) is 24.4 Å². The number of rotatable bonds is 20. The minimum absolute atomic E-state index is 0.290. The molecule has 0 bridgehead atoms. The first kappa shape index (κ1) is 39.8. The van der Waals surface area contributed by atoms with E-state index in [0.717, 1.165) is 35.4 Å². The second kappa shape index (κ2) is 18.3. The first-order valence-corrected chi connectivity index (χ1v) is 23.7. The average molecular weight is 814 g/mol. The summed E-state index contributed by atoms with van der Waals surface area (Å²) in [7, 11) is 0. The molecule has 7 heterocycles. The monoisotopic (exact) mass is 813 g/mol. The van der Waals surface area contributed by atoms with Gasteiger partial charge >= 0.3 is 5.97 Å². The van der Waals surface area contributed by atoms with Crippen molar-refractivity contribution in [3.8, 4) is 20.5 Å². The second-order valence-electron chi connectivity index (χ2n) is 15.1. The van der Waals surface area contributed by atoms with Crippen molar-refractivity contribution in [3.05, 3.63) is 61.9 Å². The zero-order chi connectivity index (χ0) is 38.5. The molecule has 2 unspecified atom stereocenters. The van der Waals surface area contributed by atoms with E-state index in [2.05, 4.69) is 92.7 Å². The SMILES string of the molecule is CCCCCCCCC(CCC)n1c2cc(C)sc2c2sc(-c3ccc(-c4nnc5/c(=C/c6ccc(C)s6)c(C(=O)OCC(CC)CCCC)nn45)s3)cc21. The van der Waals surface area contributed by atoms with Gasteiger partial charge in [0.1, 0.15) is 0 Å². The van der Waals surface area contributed by atoms with Crippen molar-refractivity contribution in [2.24, 2.45) is 5.92 Å². The number of esters is 1. The molecule has 0 aliphatic carbocycles. The molecule has 7 aromatic rings. The first-order chi connectivity index (χ1) is 26.8. The molecular weight excluding hydrogens is 759 g/mol. The van der Waals surface area contributed by atoms with Crippen LogP contribution in [-0.2, 0) is 4.74 Å². The van der Waals surface area contributed by atoms with Gasteiger partial charge < -0.3 is 9.30 Å². The fourth-order valence-electron chi connectivity index (χ4n) is 7.77. The van der Waals surface area contributed by atoms with E-state index in [1.807, 2.05) is 28.7 Å². The van der Waals surface area contributed by atoms with Crippen molar-refractivity contribution in [2.75, 3.05) is 6.61 Å². The standard InChI is InChI=1S/C44H55N5O2S4/c1-7-11-13-14-15-16-19-31(17-9-3)48-34-24-29(6)53-40(34)41-35(48)26-38(55-41)36-22-23-37(54-36)43-46-45-42-33(25-32-21-20-28(5)52-32)39(47-49(42)43)44(50)51-27-30(10-4)18-12-8-2/h20-26,30-31H,7-19,27H2,1-6H3/b33-25+. The number of carbonyl (C=O) groups excluding carboxylic acids is 1. The molecular formula is C44H55N5O2S4. The van der Waals surface area contributed by atoms with Crippen LogP contribution < -0.4 is 5.22 Å². The third kappa shape index (κ3) is 8.65. The van der Waals surface area contributed by atoms with Gasteiger partial charge in [0.15, 0.2) is 17.2 Å². The summed E-state index contributed by atoms with van der Waals surface area (Å²) in [6.07, 6.45) is 17.9. The van der Waals surface area contributed by atoms with E-state index in [9.17, 15) is 4.79 Å². The minimum Gasteiger partial charge on any atom is -0.461 e. The van der Waals surface area contributed by atoms with Crippen LogP contribution in [0.4, 0.5) is 0 Å². The predicted molar refractivity (Wildman–Crippen MR) is 236 cm³/mol. The van der Waals surface area contributed by atoms with Gasteiger partial charge in [-0.15, -0.1) is 55.5 Å². The van der Waals surface area contributed by atoms with E-state index in [1.165, 1.54) is 97.7 Å². The highest BCUT2D eigenvalue weighted by Crippen LogP contribution is 2.47. The summed E-state index contributed by atoms with van der Waals surface area (Å²) in [6, 6.07) is 13.8. The van der Waals surface area contributed by atoms with Crippen LogP contribution >= 0.6 is 45.3 Å². The quantitative estimate of drug-likeness (QED) is 0.0566. The molecule has 7 rings (SSSR count). The normalized spacial score (nSPS) is 13.6. The Morgan fingerprint density at radius 2 is 1.51 bits per heavy atom. The van der Waals surface area contributed by atoms with Crippen LogP contribution in [0.5, 0.6) is 0 Å². The van der Waals surface area contributed by atoms with Crippen LogP contribution in [-0.4, -0.2) is 37.0 Å². The van der Waals surface area contributed by atoms with Crippen LogP contribution in [0.3, 0.4) is 0 Å². The van der Waals surface area contributed by atoms with Crippen molar-refractivity contribution >= 4 is 83.5 Å². The molecule has 7 nitrogen and oxygen atoms in total. The van der Waals surface area contributed by atoms with E-state index in [0.29, 0.717) is 41.0 Å². The average Bonchev–Trinajstić information content (AvgIpc) is 4.03. The van der Waals surface area contributed by atoms with Gasteiger partial charge in [-0.1, -0.05) is 91.9 Å². The number of ether oxygens (including phenoxy) is 1. The maximum absolute atomic E-state index is 13.7. The van der Waals surface area contributed by atoms with Crippen LogP contribution in [0.1, 0.15) is 142 Å². The molecule has 0 aliphatic rings. The zero-order valence-corrected chi connectivity index (χ0v) is 36.5. The molecule has 2 atom stereocenters. The van der Waals surface area contributed by atoms with E-state index >= 15 is 0 Å². The highest BCUT2D eigenvalue weighted by atomic mass is 32.1. The summed E-state index contributed by atoms with van der Waals surface area (Å²) >= 11 is 7.22. The Morgan fingerprint density at radius 1 is 0.745 bits per heavy atom. The minimum atomic E-state index is -0.406. The van der Waals surface area contributed by atoms with E-state index in [4.69, 9.17) is 9.84 Å². The summed E-state index contributed by atoms with van der Waals surface area (Å²) < 4.78 is 13.2. The van der Waals surface area contributed by atoms with Gasteiger partial charge in [-0.2, -0.15) is 9.61 Å². The lowest BCUT2D eigenvalue weighted by Gasteiger charge is -2.20. The molecule has 0 amide bonds. The molecule has 55 heavy (non-hydrogen) atoms. The highest BCUT2D eigenvalue weighted by molar-refractivity contribution is 7.31. The highest BCUT2D eigenvalue weighted by Gasteiger charge is 2.25. The van der Waals surface area contributed by atoms with Crippen LogP contribution in [0.25, 0.3) is 52.6 Å². The lowest BCUT2D eigenvalue weighted by molar-refractivity contribution is 0.0419. The van der Waals surface area contributed by atoms with Gasteiger partial charge in [-0.3, -0.25) is 0 Å². The van der Waals surface area contributed by atoms with Gasteiger partial charge in [0, 0.05) is 30.4 Å². The molecule has 0 spiro atoms. The first-order valence-electron chi connectivity index (χ1n) is 20.5. The molecule has 11 heteroatoms. The van der Waals surface area contributed by atoms with E-state index in [1.54, 1.807) is 27.2 Å². The van der Waals surface area contributed by atoms with Gasteiger partial charge in [0.25, 0.3) is 0 Å². The number of aryl methyl sites for hydroxylation is 2. The topological polar surface area (TPSA) is 74.3 Å². The van der Waals surface area contributed by atoms with Crippen molar-refractivity contribution < 1.29 is 9.53 Å². The zero-order valence-electron chi connectivity index (χ0n) is 33.3. The Labute approximate surface area is 341 Å². The number of carbonyl (C=O) groups is 1. The maximum atomic E-state index is 13.7. The van der Waals surface area contributed by atoms with Crippen molar-refractivity contribution in [1.29, 1.82) is 0 Å². The molecule has 292 valence electrons. The molecule has 0 radical (unpaired) electrons. The summed E-state index contributed by atoms with van der Waals surface area (Å²) in [5.41, 5.74) is 3.64. The fraction of sp³-hybridized carbons (Fsp3) is 0.500. The Morgan fingerprint density at radius 3 is 2.27 bits per heavy atom. The van der Waals surface area contributed by atoms with Crippen LogP contribution in [0, 0.1) is 19.8 Å². The lowest BCUT2D eigenvalue weighted by Crippen LogP contribution is -2.20. The molecule has 0 N–H and O–H groups in total. The summed E-state index contributed by atoms with van der Waals surface area (Å²) in [6.45, 7) is 13.7. The molecule has 0 aliphatic heterocycles. The van der Waals surface area contributed by atoms with Crippen molar-refractivity contribution in [2.45, 2.75) is 131 Å². The number of hydrogen-bond donors (Lipinski definition) is 0. The number of nitrogens with zero attached hydrogens (tertiary/aromatic N) is 5. The third-order valence-corrected chi connectivity index (χ3v) is 15.3. The summed E-state index contributed by atoms with van der Waals surface area (Å²) in [4.78, 5) is 20.7. The molecule has 0 saturated heterocycles. The predicted octanol–water partition coefficient (Wildman–Crippen LogP) is 13.4. The lowest BCUT2D eigenvalue weighted by atomic mass is 10.0. The van der Waals surface area contributed by atoms with E-state index < -0.39 is 5.97 Å². The fourth-order valence-corrected chi connectivity index (χ4v) is 11.9. The van der Waals surface area contributed by atoms with Crippen LogP contribution in [0.2, 0.25) is 0 Å². The Balaban J connectivity index is 1.21. The van der Waals surface area contributed by atoms with E-state index in [-0.39, 0.29) is 0 Å². The molecule has 0 aromatic carbocycles. The summed E-state index contributed by atoms with van der Waals surface area (Å²) in [5.74, 6) is 0.577. The number of thiophene rings is 4. The Hall–Kier alpha value is -3.38. The Bertz CT molecular complexity index is 2400. The Kier molecular flexibility index (Phi) is 13.2. The second-order valence-corrected chi connectivity index (χ2v) is 19.8. The van der Waals surface area contributed by atoms with Crippen LogP contribution in [0.15, 0.2) is 36.4 Å². The number of hydrogen-bond acceptors (Lipinski definition) is 9. The number of aromatic nitrogens is 5.